The number of aliphatic hydroxyl groups is 1. The van der Waals surface area contributed by atoms with Crippen LogP contribution in [0.25, 0.3) is 0 Å². The molecular formula is C13H16F3NOS. The zero-order chi connectivity index (χ0) is 14.3. The highest BCUT2D eigenvalue weighted by Crippen LogP contribution is 2.22. The Morgan fingerprint density at radius 1 is 1.42 bits per heavy atom. The van der Waals surface area contributed by atoms with Gasteiger partial charge < -0.3 is 5.11 Å². The van der Waals surface area contributed by atoms with Gasteiger partial charge in [0.25, 0.3) is 0 Å². The van der Waals surface area contributed by atoms with Crippen molar-refractivity contribution in [3.05, 3.63) is 21.9 Å². The fraction of sp³-hybridized carbons (Fsp3) is 0.538. The van der Waals surface area contributed by atoms with Crippen LogP contribution in [0.15, 0.2) is 11.4 Å². The van der Waals surface area contributed by atoms with Crippen molar-refractivity contribution in [2.75, 3.05) is 19.7 Å². The summed E-state index contributed by atoms with van der Waals surface area (Å²) >= 11 is 1.40. The van der Waals surface area contributed by atoms with Gasteiger partial charge >= 0.3 is 6.18 Å². The van der Waals surface area contributed by atoms with Crippen molar-refractivity contribution < 1.29 is 18.3 Å². The van der Waals surface area contributed by atoms with Crippen molar-refractivity contribution in [2.24, 2.45) is 0 Å². The molecule has 0 atom stereocenters. The molecule has 0 aliphatic carbocycles. The SMILES string of the molecule is CCN(Cc1sccc1C#CCCO)CC(F)(F)F. The summed E-state index contributed by atoms with van der Waals surface area (Å²) in [4.78, 5) is 2.17. The van der Waals surface area contributed by atoms with Gasteiger partial charge in [0.1, 0.15) is 0 Å². The zero-order valence-electron chi connectivity index (χ0n) is 10.6. The Kier molecular flexibility index (Phi) is 6.35. The van der Waals surface area contributed by atoms with E-state index in [2.05, 4.69) is 11.8 Å². The maximum atomic E-state index is 12.4. The Morgan fingerprint density at radius 3 is 2.74 bits per heavy atom. The number of alkyl halides is 3. The number of aliphatic hydroxyl groups excluding tert-OH is 1. The van der Waals surface area contributed by atoms with Gasteiger partial charge in [-0.05, 0) is 18.0 Å². The molecule has 1 aromatic rings. The Bertz CT molecular complexity index is 445. The topological polar surface area (TPSA) is 23.5 Å². The molecule has 19 heavy (non-hydrogen) atoms. The normalized spacial score (nSPS) is 11.5. The van der Waals surface area contributed by atoms with Crippen LogP contribution in [0.2, 0.25) is 0 Å². The maximum absolute atomic E-state index is 12.4. The molecule has 106 valence electrons. The highest BCUT2D eigenvalue weighted by Gasteiger charge is 2.30. The summed E-state index contributed by atoms with van der Waals surface area (Å²) in [6.07, 6.45) is -3.81. The van der Waals surface area contributed by atoms with Crippen molar-refractivity contribution in [1.82, 2.24) is 4.90 Å². The quantitative estimate of drug-likeness (QED) is 0.843. The minimum atomic E-state index is -4.18. The second kappa shape index (κ2) is 7.53. The van der Waals surface area contributed by atoms with Crippen LogP contribution in [0, 0.1) is 11.8 Å². The smallest absolute Gasteiger partial charge is 0.395 e. The van der Waals surface area contributed by atoms with Gasteiger partial charge in [0.15, 0.2) is 0 Å². The average Bonchev–Trinajstić information content (AvgIpc) is 2.74. The van der Waals surface area contributed by atoms with E-state index in [-0.39, 0.29) is 13.2 Å². The summed E-state index contributed by atoms with van der Waals surface area (Å²) in [6, 6.07) is 1.80. The summed E-state index contributed by atoms with van der Waals surface area (Å²) in [7, 11) is 0. The molecule has 0 radical (unpaired) electrons. The second-order valence-corrected chi connectivity index (χ2v) is 4.95. The van der Waals surface area contributed by atoms with Crippen molar-refractivity contribution >= 4 is 11.3 Å². The van der Waals surface area contributed by atoms with Crippen LogP contribution >= 0.6 is 11.3 Å². The predicted octanol–water partition coefficient (Wildman–Crippen LogP) is 2.87. The van der Waals surface area contributed by atoms with E-state index in [1.54, 1.807) is 13.0 Å². The molecule has 0 saturated heterocycles. The van der Waals surface area contributed by atoms with Crippen LogP contribution in [-0.2, 0) is 6.54 Å². The lowest BCUT2D eigenvalue weighted by Gasteiger charge is -2.21. The largest absolute Gasteiger partial charge is 0.401 e. The number of nitrogens with zero attached hydrogens (tertiary/aromatic N) is 1. The fourth-order valence-corrected chi connectivity index (χ4v) is 2.40. The van der Waals surface area contributed by atoms with Crippen LogP contribution < -0.4 is 0 Å². The van der Waals surface area contributed by atoms with Gasteiger partial charge in [0, 0.05) is 23.4 Å². The molecule has 0 unspecified atom stereocenters. The number of rotatable bonds is 5. The van der Waals surface area contributed by atoms with Crippen LogP contribution in [0.3, 0.4) is 0 Å². The summed E-state index contributed by atoms with van der Waals surface area (Å²) in [6.45, 7) is 1.36. The van der Waals surface area contributed by atoms with Gasteiger partial charge in [-0.15, -0.1) is 11.3 Å². The summed E-state index contributed by atoms with van der Waals surface area (Å²) < 4.78 is 37.1. The van der Waals surface area contributed by atoms with Crippen LogP contribution in [0.4, 0.5) is 13.2 Å². The van der Waals surface area contributed by atoms with E-state index in [9.17, 15) is 13.2 Å². The molecule has 1 aromatic heterocycles. The average molecular weight is 291 g/mol. The Balaban J connectivity index is 2.71. The number of thiophene rings is 1. The molecule has 0 fully saturated rings. The van der Waals surface area contributed by atoms with Crippen molar-refractivity contribution in [3.8, 4) is 11.8 Å². The molecule has 0 amide bonds. The molecule has 0 bridgehead atoms. The summed E-state index contributed by atoms with van der Waals surface area (Å²) in [5, 5.41) is 10.5. The summed E-state index contributed by atoms with van der Waals surface area (Å²) in [5.41, 5.74) is 0.749. The van der Waals surface area contributed by atoms with Gasteiger partial charge in [0.2, 0.25) is 0 Å². The van der Waals surface area contributed by atoms with E-state index >= 15 is 0 Å². The first-order valence-electron chi connectivity index (χ1n) is 5.91. The Hall–Kier alpha value is -1.03. The molecule has 0 saturated carbocycles. The van der Waals surface area contributed by atoms with Crippen LogP contribution in [0.5, 0.6) is 0 Å². The highest BCUT2D eigenvalue weighted by atomic mass is 32.1. The number of halogens is 3. The number of hydrogen-bond acceptors (Lipinski definition) is 3. The van der Waals surface area contributed by atoms with E-state index in [0.717, 1.165) is 10.4 Å². The van der Waals surface area contributed by atoms with Gasteiger partial charge in [-0.25, -0.2) is 0 Å². The lowest BCUT2D eigenvalue weighted by molar-refractivity contribution is -0.146. The van der Waals surface area contributed by atoms with Crippen molar-refractivity contribution in [2.45, 2.75) is 26.1 Å². The first kappa shape index (κ1) is 16.0. The van der Waals surface area contributed by atoms with Crippen LogP contribution in [-0.4, -0.2) is 35.9 Å². The molecule has 0 spiro atoms. The van der Waals surface area contributed by atoms with Crippen molar-refractivity contribution in [3.63, 3.8) is 0 Å². The fourth-order valence-electron chi connectivity index (χ4n) is 1.52. The minimum absolute atomic E-state index is 0.0123. The lowest BCUT2D eigenvalue weighted by Crippen LogP contribution is -2.33. The third-order valence-electron chi connectivity index (χ3n) is 2.42. The van der Waals surface area contributed by atoms with E-state index in [4.69, 9.17) is 5.11 Å². The zero-order valence-corrected chi connectivity index (χ0v) is 11.4. The first-order chi connectivity index (χ1) is 8.96. The summed E-state index contributed by atoms with van der Waals surface area (Å²) in [5.74, 6) is 5.66. The van der Waals surface area contributed by atoms with Gasteiger partial charge in [-0.1, -0.05) is 18.8 Å². The second-order valence-electron chi connectivity index (χ2n) is 3.95. The molecule has 1 rings (SSSR count). The lowest BCUT2D eigenvalue weighted by atomic mass is 10.2. The standard InChI is InChI=1S/C13H16F3NOS/c1-2-17(10-13(14,15)16)9-12-11(6-8-19-12)5-3-4-7-18/h6,8,18H,2,4,7,9-10H2,1H3. The highest BCUT2D eigenvalue weighted by molar-refractivity contribution is 7.10. The van der Waals surface area contributed by atoms with Gasteiger partial charge in [0.05, 0.1) is 13.2 Å². The van der Waals surface area contributed by atoms with Gasteiger partial charge in [-0.2, -0.15) is 13.2 Å². The Labute approximate surface area is 114 Å². The molecule has 2 nitrogen and oxygen atoms in total. The van der Waals surface area contributed by atoms with E-state index in [1.165, 1.54) is 16.2 Å². The molecule has 1 N–H and O–H groups in total. The molecule has 0 aromatic carbocycles. The molecule has 6 heteroatoms. The monoisotopic (exact) mass is 291 g/mol. The van der Waals surface area contributed by atoms with E-state index in [0.29, 0.717) is 13.0 Å². The molecular weight excluding hydrogens is 275 g/mol. The van der Waals surface area contributed by atoms with Crippen LogP contribution in [0.1, 0.15) is 23.8 Å². The minimum Gasteiger partial charge on any atom is -0.395 e. The maximum Gasteiger partial charge on any atom is 0.401 e. The number of hydrogen-bond donors (Lipinski definition) is 1. The molecule has 0 aliphatic heterocycles. The first-order valence-corrected chi connectivity index (χ1v) is 6.79. The molecule has 1 heterocycles. The Morgan fingerprint density at radius 2 is 2.16 bits per heavy atom. The third-order valence-corrected chi connectivity index (χ3v) is 3.33. The van der Waals surface area contributed by atoms with E-state index < -0.39 is 12.7 Å². The third kappa shape index (κ3) is 6.10. The molecule has 0 aliphatic rings. The van der Waals surface area contributed by atoms with Gasteiger partial charge in [-0.3, -0.25) is 4.90 Å². The van der Waals surface area contributed by atoms with Crippen molar-refractivity contribution in [1.29, 1.82) is 0 Å². The predicted molar refractivity (Wildman–Crippen MR) is 69.9 cm³/mol. The van der Waals surface area contributed by atoms with E-state index in [1.807, 2.05) is 5.38 Å².